The van der Waals surface area contributed by atoms with Crippen molar-refractivity contribution in [3.05, 3.63) is 0 Å². The molecular formula is C11H22N2O2S. The van der Waals surface area contributed by atoms with Crippen molar-refractivity contribution in [3.63, 3.8) is 0 Å². The molecule has 0 aromatic heterocycles. The molecular weight excluding hydrogens is 224 g/mol. The smallest absolute Gasteiger partial charge is 0.150 e. The van der Waals surface area contributed by atoms with Crippen molar-refractivity contribution in [1.29, 1.82) is 0 Å². The monoisotopic (exact) mass is 246 g/mol. The van der Waals surface area contributed by atoms with Gasteiger partial charge >= 0.3 is 0 Å². The van der Waals surface area contributed by atoms with E-state index < -0.39 is 9.84 Å². The predicted molar refractivity (Wildman–Crippen MR) is 65.3 cm³/mol. The number of nitrogens with one attached hydrogen (secondary N) is 2. The van der Waals surface area contributed by atoms with Gasteiger partial charge in [0.15, 0.2) is 9.84 Å². The molecule has 2 saturated heterocycles. The molecule has 4 nitrogen and oxygen atoms in total. The fourth-order valence-electron chi connectivity index (χ4n) is 2.59. The summed E-state index contributed by atoms with van der Waals surface area (Å²) in [6, 6.07) is 0.582. The first-order chi connectivity index (χ1) is 7.66. The SMILES string of the molecule is O=S1(=O)CCC(CNC2CCCNCC2)C1. The molecule has 0 bridgehead atoms. The van der Waals surface area contributed by atoms with Crippen LogP contribution in [-0.2, 0) is 9.84 Å². The summed E-state index contributed by atoms with van der Waals surface area (Å²) in [6.45, 7) is 3.08. The van der Waals surface area contributed by atoms with Gasteiger partial charge in [0.25, 0.3) is 0 Å². The third kappa shape index (κ3) is 3.71. The Morgan fingerprint density at radius 3 is 2.81 bits per heavy atom. The van der Waals surface area contributed by atoms with Gasteiger partial charge in [-0.15, -0.1) is 0 Å². The summed E-state index contributed by atoms with van der Waals surface area (Å²) in [5.74, 6) is 1.14. The highest BCUT2D eigenvalue weighted by molar-refractivity contribution is 7.91. The van der Waals surface area contributed by atoms with Crippen molar-refractivity contribution in [2.75, 3.05) is 31.1 Å². The van der Waals surface area contributed by atoms with Crippen molar-refractivity contribution in [2.45, 2.75) is 31.7 Å². The number of sulfone groups is 1. The number of hydrogen-bond acceptors (Lipinski definition) is 4. The third-order valence-electron chi connectivity index (χ3n) is 3.60. The van der Waals surface area contributed by atoms with Crippen LogP contribution in [0.25, 0.3) is 0 Å². The molecule has 2 atom stereocenters. The summed E-state index contributed by atoms with van der Waals surface area (Å²) in [5, 5.41) is 6.92. The largest absolute Gasteiger partial charge is 0.317 e. The Morgan fingerprint density at radius 1 is 1.19 bits per heavy atom. The van der Waals surface area contributed by atoms with Gasteiger partial charge in [-0.05, 0) is 51.2 Å². The zero-order chi connectivity index (χ0) is 11.4. The van der Waals surface area contributed by atoms with Gasteiger partial charge in [-0.2, -0.15) is 0 Å². The van der Waals surface area contributed by atoms with Crippen molar-refractivity contribution in [2.24, 2.45) is 5.92 Å². The zero-order valence-electron chi connectivity index (χ0n) is 9.74. The van der Waals surface area contributed by atoms with Crippen LogP contribution < -0.4 is 10.6 Å². The van der Waals surface area contributed by atoms with Crippen molar-refractivity contribution < 1.29 is 8.42 Å². The average Bonchev–Trinajstić information content (AvgIpc) is 2.47. The van der Waals surface area contributed by atoms with E-state index in [-0.39, 0.29) is 0 Å². The molecule has 0 radical (unpaired) electrons. The first-order valence-corrected chi connectivity index (χ1v) is 8.12. The Labute approximate surface area is 98.1 Å². The number of hydrogen-bond donors (Lipinski definition) is 2. The van der Waals surface area contributed by atoms with Gasteiger partial charge in [0.05, 0.1) is 11.5 Å². The van der Waals surface area contributed by atoms with E-state index in [1.54, 1.807) is 0 Å². The van der Waals surface area contributed by atoms with Crippen LogP contribution in [0.3, 0.4) is 0 Å². The van der Waals surface area contributed by atoms with E-state index in [1.165, 1.54) is 19.3 Å². The highest BCUT2D eigenvalue weighted by Crippen LogP contribution is 2.18. The van der Waals surface area contributed by atoms with E-state index >= 15 is 0 Å². The number of rotatable bonds is 3. The normalized spacial score (nSPS) is 34.8. The maximum Gasteiger partial charge on any atom is 0.150 e. The Morgan fingerprint density at radius 2 is 2.06 bits per heavy atom. The van der Waals surface area contributed by atoms with Gasteiger partial charge in [-0.3, -0.25) is 0 Å². The fourth-order valence-corrected chi connectivity index (χ4v) is 4.45. The second-order valence-corrected chi connectivity index (χ2v) is 7.28. The molecule has 2 N–H and O–H groups in total. The molecule has 94 valence electrons. The lowest BCUT2D eigenvalue weighted by Gasteiger charge is -2.18. The molecule has 0 amide bonds. The minimum Gasteiger partial charge on any atom is -0.317 e. The first kappa shape index (κ1) is 12.3. The summed E-state index contributed by atoms with van der Waals surface area (Å²) in [7, 11) is -2.71. The molecule has 5 heteroatoms. The van der Waals surface area contributed by atoms with Gasteiger partial charge in [0, 0.05) is 6.04 Å². The molecule has 0 aromatic carbocycles. The molecule has 2 aliphatic heterocycles. The molecule has 16 heavy (non-hydrogen) atoms. The molecule has 0 saturated carbocycles. The molecule has 0 spiro atoms. The van der Waals surface area contributed by atoms with Gasteiger partial charge in [0.2, 0.25) is 0 Å². The van der Waals surface area contributed by atoms with E-state index in [2.05, 4.69) is 10.6 Å². The molecule has 2 rings (SSSR count). The highest BCUT2D eigenvalue weighted by atomic mass is 32.2. The quantitative estimate of drug-likeness (QED) is 0.744. The van der Waals surface area contributed by atoms with Gasteiger partial charge in [0.1, 0.15) is 0 Å². The second kappa shape index (κ2) is 5.47. The van der Waals surface area contributed by atoms with E-state index in [1.807, 2.05) is 0 Å². The molecule has 2 aliphatic rings. The topological polar surface area (TPSA) is 58.2 Å². The average molecular weight is 246 g/mol. The zero-order valence-corrected chi connectivity index (χ0v) is 10.6. The lowest BCUT2D eigenvalue weighted by Crippen LogP contribution is -2.34. The minimum absolute atomic E-state index is 0.348. The minimum atomic E-state index is -2.71. The van der Waals surface area contributed by atoms with Crippen LogP contribution in [0, 0.1) is 5.92 Å². The molecule has 0 aromatic rings. The maximum atomic E-state index is 11.3. The van der Waals surface area contributed by atoms with Gasteiger partial charge < -0.3 is 10.6 Å². The van der Waals surface area contributed by atoms with Gasteiger partial charge in [-0.1, -0.05) is 0 Å². The lowest BCUT2D eigenvalue weighted by molar-refractivity contribution is 0.422. The van der Waals surface area contributed by atoms with E-state index in [0.29, 0.717) is 23.5 Å². The van der Waals surface area contributed by atoms with Crippen LogP contribution in [0.1, 0.15) is 25.7 Å². The maximum absolute atomic E-state index is 11.3. The Kier molecular flexibility index (Phi) is 4.21. The standard InChI is InChI=1S/C11H22N2O2S/c14-16(15)7-4-10(9-16)8-13-11-2-1-5-12-6-3-11/h10-13H,1-9H2. The van der Waals surface area contributed by atoms with Crippen molar-refractivity contribution >= 4 is 9.84 Å². The summed E-state index contributed by atoms with van der Waals surface area (Å²) >= 11 is 0. The van der Waals surface area contributed by atoms with Crippen molar-refractivity contribution in [1.82, 2.24) is 10.6 Å². The highest BCUT2D eigenvalue weighted by Gasteiger charge is 2.28. The molecule has 0 aliphatic carbocycles. The lowest BCUT2D eigenvalue weighted by atomic mass is 10.1. The van der Waals surface area contributed by atoms with E-state index in [4.69, 9.17) is 0 Å². The summed E-state index contributed by atoms with van der Waals surface area (Å²) in [6.07, 6.45) is 4.45. The Balaban J connectivity index is 1.71. The summed E-state index contributed by atoms with van der Waals surface area (Å²) in [5.41, 5.74) is 0. The Bertz CT molecular complexity index is 308. The third-order valence-corrected chi connectivity index (χ3v) is 5.43. The molecule has 2 unspecified atom stereocenters. The second-order valence-electron chi connectivity index (χ2n) is 5.06. The van der Waals surface area contributed by atoms with E-state index in [0.717, 1.165) is 26.1 Å². The van der Waals surface area contributed by atoms with Crippen LogP contribution in [0.5, 0.6) is 0 Å². The van der Waals surface area contributed by atoms with Gasteiger partial charge in [-0.25, -0.2) is 8.42 Å². The summed E-state index contributed by atoms with van der Waals surface area (Å²) < 4.78 is 22.6. The van der Waals surface area contributed by atoms with Crippen LogP contribution >= 0.6 is 0 Å². The van der Waals surface area contributed by atoms with Crippen LogP contribution in [-0.4, -0.2) is 45.6 Å². The fraction of sp³-hybridized carbons (Fsp3) is 1.00. The Hall–Kier alpha value is -0.130. The van der Waals surface area contributed by atoms with Crippen molar-refractivity contribution in [3.8, 4) is 0 Å². The van der Waals surface area contributed by atoms with Crippen LogP contribution in [0.2, 0.25) is 0 Å². The van der Waals surface area contributed by atoms with Crippen LogP contribution in [0.15, 0.2) is 0 Å². The summed E-state index contributed by atoms with van der Waals surface area (Å²) in [4.78, 5) is 0. The first-order valence-electron chi connectivity index (χ1n) is 6.30. The molecule has 2 heterocycles. The molecule has 2 fully saturated rings. The van der Waals surface area contributed by atoms with E-state index in [9.17, 15) is 8.42 Å². The predicted octanol–water partition coefficient (Wildman–Crippen LogP) is 0.153. The van der Waals surface area contributed by atoms with Crippen LogP contribution in [0.4, 0.5) is 0 Å².